The van der Waals surface area contributed by atoms with Crippen LogP contribution in [0.3, 0.4) is 0 Å². The molecule has 0 unspecified atom stereocenters. The molecule has 1 fully saturated rings. The van der Waals surface area contributed by atoms with Crippen LogP contribution in [0.5, 0.6) is 0 Å². The van der Waals surface area contributed by atoms with Gasteiger partial charge in [0.2, 0.25) is 11.8 Å². The first kappa shape index (κ1) is 17.4. The Bertz CT molecular complexity index is 622. The number of anilines is 2. The van der Waals surface area contributed by atoms with Crippen molar-refractivity contribution < 1.29 is 22.8 Å². The number of benzene rings is 1. The first-order valence-electron chi connectivity index (χ1n) is 6.85. The monoisotopic (exact) mass is 349 g/mol. The van der Waals surface area contributed by atoms with E-state index in [4.69, 9.17) is 11.6 Å². The van der Waals surface area contributed by atoms with E-state index in [0.717, 1.165) is 4.90 Å². The minimum absolute atomic E-state index is 0.0199. The summed E-state index contributed by atoms with van der Waals surface area (Å²) in [5.74, 6) is -0.942. The van der Waals surface area contributed by atoms with Gasteiger partial charge in [0.1, 0.15) is 12.6 Å². The summed E-state index contributed by atoms with van der Waals surface area (Å²) in [7, 11) is 0. The third-order valence-corrected chi connectivity index (χ3v) is 3.52. The minimum atomic E-state index is -4.43. The first-order chi connectivity index (χ1) is 10.7. The van der Waals surface area contributed by atoms with Gasteiger partial charge in [-0.05, 0) is 24.6 Å². The Morgan fingerprint density at radius 3 is 2.70 bits per heavy atom. The Kier molecular flexibility index (Phi) is 5.03. The largest absolute Gasteiger partial charge is 0.406 e. The van der Waals surface area contributed by atoms with Crippen molar-refractivity contribution in [1.29, 1.82) is 0 Å². The molecule has 0 saturated carbocycles. The molecule has 2 rings (SSSR count). The summed E-state index contributed by atoms with van der Waals surface area (Å²) >= 11 is 5.89. The zero-order valence-electron chi connectivity index (χ0n) is 12.2. The van der Waals surface area contributed by atoms with Gasteiger partial charge in [0.05, 0.1) is 11.4 Å². The smallest absolute Gasteiger partial charge is 0.372 e. The van der Waals surface area contributed by atoms with Crippen molar-refractivity contribution in [2.45, 2.75) is 25.6 Å². The van der Waals surface area contributed by atoms with Gasteiger partial charge in [-0.2, -0.15) is 13.2 Å². The Balaban J connectivity index is 2.12. The summed E-state index contributed by atoms with van der Waals surface area (Å²) in [6, 6.07) is 3.83. The zero-order valence-corrected chi connectivity index (χ0v) is 13.0. The molecular weight excluding hydrogens is 335 g/mol. The van der Waals surface area contributed by atoms with Crippen molar-refractivity contribution in [3.63, 3.8) is 0 Å². The summed E-state index contributed by atoms with van der Waals surface area (Å²) in [4.78, 5) is 24.0. The van der Waals surface area contributed by atoms with E-state index in [1.165, 1.54) is 13.0 Å². The Morgan fingerprint density at radius 1 is 1.39 bits per heavy atom. The molecule has 5 nitrogen and oxygen atoms in total. The molecule has 0 aliphatic carbocycles. The third-order valence-electron chi connectivity index (χ3n) is 3.29. The molecular formula is C14H15ClF3N3O2. The zero-order chi connectivity index (χ0) is 17.2. The van der Waals surface area contributed by atoms with E-state index in [2.05, 4.69) is 10.6 Å². The summed E-state index contributed by atoms with van der Waals surface area (Å²) in [6.07, 6.45) is -4.19. The summed E-state index contributed by atoms with van der Waals surface area (Å²) in [5.41, 5.74) is 0.795. The van der Waals surface area contributed by atoms with Crippen molar-refractivity contribution in [2.75, 3.05) is 23.7 Å². The number of halogens is 4. The number of nitrogens with one attached hydrogen (secondary N) is 2. The second-order valence-electron chi connectivity index (χ2n) is 5.23. The van der Waals surface area contributed by atoms with E-state index in [1.54, 1.807) is 12.1 Å². The van der Waals surface area contributed by atoms with Crippen molar-refractivity contribution in [3.05, 3.63) is 23.2 Å². The number of carbonyl (C=O) groups excluding carboxylic acids is 2. The van der Waals surface area contributed by atoms with Crippen LogP contribution in [0.4, 0.5) is 24.5 Å². The Morgan fingerprint density at radius 2 is 2.09 bits per heavy atom. The van der Waals surface area contributed by atoms with Gasteiger partial charge in [-0.1, -0.05) is 11.6 Å². The fourth-order valence-corrected chi connectivity index (χ4v) is 2.54. The van der Waals surface area contributed by atoms with Crippen LogP contribution >= 0.6 is 11.6 Å². The molecule has 126 valence electrons. The number of amides is 2. The highest BCUT2D eigenvalue weighted by Gasteiger charge is 2.39. The quantitative estimate of drug-likeness (QED) is 0.878. The van der Waals surface area contributed by atoms with Crippen molar-refractivity contribution in [3.8, 4) is 0 Å². The molecule has 2 amide bonds. The van der Waals surface area contributed by atoms with Crippen LogP contribution in [-0.2, 0) is 9.59 Å². The molecule has 0 spiro atoms. The first-order valence-corrected chi connectivity index (χ1v) is 7.23. The maximum absolute atomic E-state index is 12.4. The summed E-state index contributed by atoms with van der Waals surface area (Å²) in [6.45, 7) is 0.0777. The molecule has 1 heterocycles. The molecule has 1 atom stereocenters. The predicted molar refractivity (Wildman–Crippen MR) is 80.4 cm³/mol. The molecule has 1 aromatic carbocycles. The number of likely N-dealkylation sites (tertiary alicyclic amines) is 1. The van der Waals surface area contributed by atoms with Gasteiger partial charge >= 0.3 is 6.18 Å². The SMILES string of the molecule is CC(=O)Nc1ccc(Cl)cc1N[C@@H]1CCN(CC(F)(F)F)C1=O. The minimum Gasteiger partial charge on any atom is -0.372 e. The average molecular weight is 350 g/mol. The standard InChI is InChI=1S/C14H15ClF3N3O2/c1-8(22)19-10-3-2-9(15)6-12(10)20-11-4-5-21(13(11)23)7-14(16,17)18/h2-3,6,11,20H,4-5,7H2,1H3,(H,19,22)/t11-/m1/s1. The fourth-order valence-electron chi connectivity index (χ4n) is 2.37. The highest BCUT2D eigenvalue weighted by atomic mass is 35.5. The molecule has 1 saturated heterocycles. The summed E-state index contributed by atoms with van der Waals surface area (Å²) in [5, 5.41) is 5.81. The third kappa shape index (κ3) is 4.75. The van der Waals surface area contributed by atoms with Crippen LogP contribution in [0, 0.1) is 0 Å². The second kappa shape index (κ2) is 6.66. The van der Waals surface area contributed by atoms with Gasteiger partial charge in [0.15, 0.2) is 0 Å². The van der Waals surface area contributed by atoms with E-state index < -0.39 is 24.7 Å². The lowest BCUT2D eigenvalue weighted by atomic mass is 10.2. The van der Waals surface area contributed by atoms with Gasteiger partial charge in [0, 0.05) is 18.5 Å². The molecule has 2 N–H and O–H groups in total. The Labute approximate surface area is 135 Å². The molecule has 0 radical (unpaired) electrons. The van der Waals surface area contributed by atoms with Crippen molar-refractivity contribution in [2.24, 2.45) is 0 Å². The maximum atomic E-state index is 12.4. The molecule has 0 aromatic heterocycles. The van der Waals surface area contributed by atoms with E-state index in [0.29, 0.717) is 16.4 Å². The number of nitrogens with zero attached hydrogens (tertiary/aromatic N) is 1. The highest BCUT2D eigenvalue weighted by molar-refractivity contribution is 6.31. The summed E-state index contributed by atoms with van der Waals surface area (Å²) < 4.78 is 37.2. The number of hydrogen-bond donors (Lipinski definition) is 2. The lowest BCUT2D eigenvalue weighted by Gasteiger charge is -2.20. The second-order valence-corrected chi connectivity index (χ2v) is 5.67. The van der Waals surface area contributed by atoms with E-state index in [9.17, 15) is 22.8 Å². The number of carbonyl (C=O) groups is 2. The number of rotatable bonds is 4. The topological polar surface area (TPSA) is 61.4 Å². The lowest BCUT2D eigenvalue weighted by molar-refractivity contribution is -0.157. The fraction of sp³-hybridized carbons (Fsp3) is 0.429. The average Bonchev–Trinajstić information content (AvgIpc) is 2.72. The number of hydrogen-bond acceptors (Lipinski definition) is 3. The van der Waals surface area contributed by atoms with E-state index in [1.807, 2.05) is 0 Å². The molecule has 23 heavy (non-hydrogen) atoms. The van der Waals surface area contributed by atoms with Crippen molar-refractivity contribution in [1.82, 2.24) is 4.90 Å². The van der Waals surface area contributed by atoms with Crippen molar-refractivity contribution >= 4 is 34.8 Å². The van der Waals surface area contributed by atoms with E-state index >= 15 is 0 Å². The van der Waals surface area contributed by atoms with Gasteiger partial charge < -0.3 is 15.5 Å². The Hall–Kier alpha value is -1.96. The van der Waals surface area contributed by atoms with Gasteiger partial charge in [-0.3, -0.25) is 9.59 Å². The number of alkyl halides is 3. The molecule has 0 bridgehead atoms. The molecule has 9 heteroatoms. The normalized spacial score (nSPS) is 18.2. The highest BCUT2D eigenvalue weighted by Crippen LogP contribution is 2.29. The maximum Gasteiger partial charge on any atom is 0.406 e. The van der Waals surface area contributed by atoms with Gasteiger partial charge in [-0.15, -0.1) is 0 Å². The van der Waals surface area contributed by atoms with Gasteiger partial charge in [-0.25, -0.2) is 0 Å². The lowest BCUT2D eigenvalue weighted by Crippen LogP contribution is -2.39. The van der Waals surface area contributed by atoms with Crippen LogP contribution in [-0.4, -0.2) is 42.0 Å². The molecule has 1 aliphatic heterocycles. The van der Waals surface area contributed by atoms with Crippen LogP contribution in [0.25, 0.3) is 0 Å². The molecule has 1 aliphatic rings. The van der Waals surface area contributed by atoms with Crippen LogP contribution in [0.15, 0.2) is 18.2 Å². The molecule has 1 aromatic rings. The predicted octanol–water partition coefficient (Wildman–Crippen LogP) is 2.87. The van der Waals surface area contributed by atoms with Crippen LogP contribution < -0.4 is 10.6 Å². The van der Waals surface area contributed by atoms with Crippen LogP contribution in [0.2, 0.25) is 5.02 Å². The van der Waals surface area contributed by atoms with Gasteiger partial charge in [0.25, 0.3) is 0 Å². The van der Waals surface area contributed by atoms with Crippen LogP contribution in [0.1, 0.15) is 13.3 Å². The van der Waals surface area contributed by atoms with E-state index in [-0.39, 0.29) is 18.9 Å².